The standard InChI is InChI=1S/C12H15N3O/c1-8(2)12(9-6-4-3-5-7-9)10(16)14-11(13)15-12/h3-8H,1-2H3,(H3,13,14,15,16). The number of hydrogen-bond donors (Lipinski definition) is 2. The van der Waals surface area contributed by atoms with Crippen LogP contribution in [0.2, 0.25) is 0 Å². The SMILES string of the molecule is CC(C)C1(c2ccccc2)N=C(N)NC1=O. The highest BCUT2D eigenvalue weighted by Crippen LogP contribution is 2.36. The lowest BCUT2D eigenvalue weighted by atomic mass is 9.80. The van der Waals surface area contributed by atoms with Crippen molar-refractivity contribution in [3.63, 3.8) is 0 Å². The average molecular weight is 217 g/mol. The molecule has 1 aromatic carbocycles. The van der Waals surface area contributed by atoms with Crippen molar-refractivity contribution < 1.29 is 4.79 Å². The summed E-state index contributed by atoms with van der Waals surface area (Å²) in [5.74, 6) is 0.102. The molecule has 16 heavy (non-hydrogen) atoms. The lowest BCUT2D eigenvalue weighted by molar-refractivity contribution is -0.125. The molecule has 0 bridgehead atoms. The Labute approximate surface area is 94.6 Å². The number of benzene rings is 1. The number of guanidine groups is 1. The van der Waals surface area contributed by atoms with Crippen LogP contribution < -0.4 is 11.1 Å². The van der Waals surface area contributed by atoms with Crippen molar-refractivity contribution in [1.29, 1.82) is 0 Å². The monoisotopic (exact) mass is 217 g/mol. The Morgan fingerprint density at radius 3 is 2.38 bits per heavy atom. The Morgan fingerprint density at radius 1 is 1.31 bits per heavy atom. The predicted octanol–water partition coefficient (Wildman–Crippen LogP) is 0.982. The quantitative estimate of drug-likeness (QED) is 0.775. The number of nitrogens with two attached hydrogens (primary N) is 1. The van der Waals surface area contributed by atoms with E-state index in [2.05, 4.69) is 10.3 Å². The van der Waals surface area contributed by atoms with E-state index in [1.807, 2.05) is 44.2 Å². The first kappa shape index (κ1) is 10.7. The van der Waals surface area contributed by atoms with Gasteiger partial charge in [-0.05, 0) is 11.5 Å². The molecule has 0 aromatic heterocycles. The molecule has 84 valence electrons. The summed E-state index contributed by atoms with van der Waals surface area (Å²) in [5, 5.41) is 2.58. The minimum Gasteiger partial charge on any atom is -0.370 e. The summed E-state index contributed by atoms with van der Waals surface area (Å²) in [4.78, 5) is 16.3. The summed E-state index contributed by atoms with van der Waals surface area (Å²) in [6.07, 6.45) is 0. The molecule has 0 aliphatic carbocycles. The van der Waals surface area contributed by atoms with E-state index in [0.717, 1.165) is 5.56 Å². The van der Waals surface area contributed by atoms with Crippen molar-refractivity contribution in [3.8, 4) is 0 Å². The molecule has 4 nitrogen and oxygen atoms in total. The predicted molar refractivity (Wildman–Crippen MR) is 62.7 cm³/mol. The van der Waals surface area contributed by atoms with E-state index in [1.165, 1.54) is 0 Å². The van der Waals surface area contributed by atoms with E-state index in [-0.39, 0.29) is 17.8 Å². The number of carbonyl (C=O) groups excluding carboxylic acids is 1. The van der Waals surface area contributed by atoms with Crippen molar-refractivity contribution >= 4 is 11.9 Å². The highest BCUT2D eigenvalue weighted by molar-refractivity contribution is 6.07. The van der Waals surface area contributed by atoms with Gasteiger partial charge >= 0.3 is 0 Å². The number of nitrogens with one attached hydrogen (secondary N) is 1. The minimum absolute atomic E-state index is 0.0518. The zero-order chi connectivity index (χ0) is 11.8. The van der Waals surface area contributed by atoms with E-state index < -0.39 is 5.54 Å². The first-order valence-corrected chi connectivity index (χ1v) is 5.29. The van der Waals surface area contributed by atoms with Gasteiger partial charge in [-0.3, -0.25) is 10.1 Å². The van der Waals surface area contributed by atoms with Crippen LogP contribution in [0, 0.1) is 5.92 Å². The first-order valence-electron chi connectivity index (χ1n) is 5.29. The van der Waals surface area contributed by atoms with Crippen molar-refractivity contribution in [2.75, 3.05) is 0 Å². The fourth-order valence-electron chi connectivity index (χ4n) is 2.09. The number of carbonyl (C=O) groups is 1. The van der Waals surface area contributed by atoms with Crippen LogP contribution in [0.25, 0.3) is 0 Å². The Bertz CT molecular complexity index is 439. The Kier molecular flexibility index (Phi) is 2.42. The van der Waals surface area contributed by atoms with Gasteiger partial charge < -0.3 is 5.73 Å². The molecule has 1 heterocycles. The normalized spacial score (nSPS) is 24.4. The van der Waals surface area contributed by atoms with E-state index >= 15 is 0 Å². The second-order valence-corrected chi connectivity index (χ2v) is 4.24. The maximum atomic E-state index is 12.0. The van der Waals surface area contributed by atoms with Crippen LogP contribution >= 0.6 is 0 Å². The van der Waals surface area contributed by atoms with E-state index in [0.29, 0.717) is 0 Å². The molecule has 1 atom stereocenters. The zero-order valence-corrected chi connectivity index (χ0v) is 9.40. The molecule has 4 heteroatoms. The summed E-state index contributed by atoms with van der Waals surface area (Å²) in [6.45, 7) is 3.93. The van der Waals surface area contributed by atoms with Gasteiger partial charge in [0.25, 0.3) is 5.91 Å². The molecule has 1 aliphatic rings. The molecule has 1 unspecified atom stereocenters. The van der Waals surface area contributed by atoms with Crippen molar-refractivity contribution in [1.82, 2.24) is 5.32 Å². The molecule has 0 saturated heterocycles. The zero-order valence-electron chi connectivity index (χ0n) is 9.40. The van der Waals surface area contributed by atoms with Gasteiger partial charge in [-0.25, -0.2) is 4.99 Å². The Hall–Kier alpha value is -1.84. The highest BCUT2D eigenvalue weighted by Gasteiger charge is 2.47. The van der Waals surface area contributed by atoms with Gasteiger partial charge in [0.1, 0.15) is 0 Å². The lowest BCUT2D eigenvalue weighted by Gasteiger charge is -2.27. The van der Waals surface area contributed by atoms with E-state index in [1.54, 1.807) is 0 Å². The van der Waals surface area contributed by atoms with Crippen LogP contribution in [-0.2, 0) is 10.3 Å². The van der Waals surface area contributed by atoms with Gasteiger partial charge in [0, 0.05) is 0 Å². The molecule has 2 rings (SSSR count). The number of amides is 1. The summed E-state index contributed by atoms with van der Waals surface area (Å²) in [7, 11) is 0. The van der Waals surface area contributed by atoms with E-state index in [9.17, 15) is 4.79 Å². The maximum Gasteiger partial charge on any atom is 0.259 e. The van der Waals surface area contributed by atoms with Gasteiger partial charge in [-0.15, -0.1) is 0 Å². The first-order chi connectivity index (χ1) is 7.57. The fraction of sp³-hybridized carbons (Fsp3) is 0.333. The summed E-state index contributed by atoms with van der Waals surface area (Å²) >= 11 is 0. The fourth-order valence-corrected chi connectivity index (χ4v) is 2.09. The van der Waals surface area contributed by atoms with Crippen LogP contribution in [-0.4, -0.2) is 11.9 Å². The summed E-state index contributed by atoms with van der Waals surface area (Å²) in [5.41, 5.74) is 5.60. The van der Waals surface area contributed by atoms with Crippen LogP contribution in [0.3, 0.4) is 0 Å². The minimum atomic E-state index is -0.870. The van der Waals surface area contributed by atoms with Crippen molar-refractivity contribution in [2.24, 2.45) is 16.6 Å². The number of rotatable bonds is 2. The summed E-state index contributed by atoms with van der Waals surface area (Å²) < 4.78 is 0. The molecule has 0 saturated carbocycles. The third-order valence-corrected chi connectivity index (χ3v) is 2.93. The van der Waals surface area contributed by atoms with Crippen LogP contribution in [0.1, 0.15) is 19.4 Å². The van der Waals surface area contributed by atoms with Gasteiger partial charge in [0.15, 0.2) is 11.5 Å². The van der Waals surface area contributed by atoms with Gasteiger partial charge in [0.2, 0.25) is 0 Å². The molecule has 0 fully saturated rings. The highest BCUT2D eigenvalue weighted by atomic mass is 16.2. The summed E-state index contributed by atoms with van der Waals surface area (Å²) in [6, 6.07) is 9.52. The maximum absolute atomic E-state index is 12.0. The Balaban J connectivity index is 2.58. The third kappa shape index (κ3) is 1.38. The van der Waals surface area contributed by atoms with Crippen LogP contribution in [0.4, 0.5) is 0 Å². The molecular weight excluding hydrogens is 202 g/mol. The molecule has 1 aliphatic heterocycles. The smallest absolute Gasteiger partial charge is 0.259 e. The third-order valence-electron chi connectivity index (χ3n) is 2.93. The van der Waals surface area contributed by atoms with Gasteiger partial charge in [-0.1, -0.05) is 44.2 Å². The van der Waals surface area contributed by atoms with E-state index in [4.69, 9.17) is 5.73 Å². The van der Waals surface area contributed by atoms with Gasteiger partial charge in [0.05, 0.1) is 0 Å². The molecule has 0 spiro atoms. The molecule has 3 N–H and O–H groups in total. The van der Waals surface area contributed by atoms with Crippen molar-refractivity contribution in [3.05, 3.63) is 35.9 Å². The van der Waals surface area contributed by atoms with Crippen LogP contribution in [0.15, 0.2) is 35.3 Å². The molecule has 0 radical (unpaired) electrons. The number of hydrogen-bond acceptors (Lipinski definition) is 3. The van der Waals surface area contributed by atoms with Crippen LogP contribution in [0.5, 0.6) is 0 Å². The molecule has 1 amide bonds. The Morgan fingerprint density at radius 2 is 1.94 bits per heavy atom. The average Bonchev–Trinajstić information content (AvgIpc) is 2.56. The topological polar surface area (TPSA) is 67.5 Å². The molecular formula is C12H15N3O. The number of nitrogens with zero attached hydrogens (tertiary/aromatic N) is 1. The van der Waals surface area contributed by atoms with Crippen molar-refractivity contribution in [2.45, 2.75) is 19.4 Å². The second-order valence-electron chi connectivity index (χ2n) is 4.24. The largest absolute Gasteiger partial charge is 0.370 e. The molecule has 1 aromatic rings. The number of aliphatic imine (C=N–C) groups is 1. The second kappa shape index (κ2) is 3.63. The lowest BCUT2D eigenvalue weighted by Crippen LogP contribution is -2.42. The van der Waals surface area contributed by atoms with Gasteiger partial charge in [-0.2, -0.15) is 0 Å².